The van der Waals surface area contributed by atoms with Gasteiger partial charge in [-0.1, -0.05) is 27.2 Å². The van der Waals surface area contributed by atoms with E-state index in [0.29, 0.717) is 0 Å². The van der Waals surface area contributed by atoms with Crippen LogP contribution in [0.2, 0.25) is 0 Å². The number of hydrogen-bond acceptors (Lipinski definition) is 2. The van der Waals surface area contributed by atoms with Crippen molar-refractivity contribution in [3.05, 3.63) is 41.3 Å². The van der Waals surface area contributed by atoms with E-state index in [1.54, 1.807) is 7.11 Å². The molecular formula is C17H22OS. The number of benzene rings is 1. The summed E-state index contributed by atoms with van der Waals surface area (Å²) >= 11 is 1.91. The Bertz CT molecular complexity index is 522. The normalized spacial score (nSPS) is 11.6. The molecule has 19 heavy (non-hydrogen) atoms. The molecule has 0 aliphatic carbocycles. The van der Waals surface area contributed by atoms with E-state index in [0.717, 1.165) is 5.75 Å². The molecule has 0 fully saturated rings. The van der Waals surface area contributed by atoms with Crippen molar-refractivity contribution in [3.63, 3.8) is 0 Å². The summed E-state index contributed by atoms with van der Waals surface area (Å²) in [5.41, 5.74) is 1.55. The largest absolute Gasteiger partial charge is 0.497 e. The molecule has 102 valence electrons. The van der Waals surface area contributed by atoms with Crippen LogP contribution in [0.4, 0.5) is 0 Å². The monoisotopic (exact) mass is 274 g/mol. The van der Waals surface area contributed by atoms with Gasteiger partial charge in [-0.05, 0) is 53.8 Å². The Kier molecular flexibility index (Phi) is 4.31. The Morgan fingerprint density at radius 2 is 1.74 bits per heavy atom. The lowest BCUT2D eigenvalue weighted by atomic mass is 9.86. The minimum absolute atomic E-state index is 0.282. The molecular weight excluding hydrogens is 252 g/mol. The van der Waals surface area contributed by atoms with E-state index in [4.69, 9.17) is 4.74 Å². The fraction of sp³-hybridized carbons (Fsp3) is 0.412. The Morgan fingerprint density at radius 1 is 1.05 bits per heavy atom. The number of methoxy groups -OCH3 is 1. The maximum atomic E-state index is 5.20. The SMILES string of the molecule is CCCC(C)(C)c1ccc(-c2ccc(OC)cc2)s1. The first-order valence-electron chi connectivity index (χ1n) is 6.81. The van der Waals surface area contributed by atoms with E-state index in [9.17, 15) is 0 Å². The first kappa shape index (κ1) is 14.1. The average molecular weight is 274 g/mol. The first-order valence-corrected chi connectivity index (χ1v) is 7.63. The van der Waals surface area contributed by atoms with Gasteiger partial charge in [-0.3, -0.25) is 0 Å². The smallest absolute Gasteiger partial charge is 0.118 e. The lowest BCUT2D eigenvalue weighted by Gasteiger charge is -2.22. The predicted molar refractivity (Wildman–Crippen MR) is 84.2 cm³/mol. The van der Waals surface area contributed by atoms with Gasteiger partial charge >= 0.3 is 0 Å². The topological polar surface area (TPSA) is 9.23 Å². The molecule has 0 atom stereocenters. The minimum atomic E-state index is 0.282. The molecule has 1 aromatic carbocycles. The molecule has 0 aliphatic heterocycles. The van der Waals surface area contributed by atoms with Crippen molar-refractivity contribution in [1.82, 2.24) is 0 Å². The van der Waals surface area contributed by atoms with Gasteiger partial charge in [0, 0.05) is 9.75 Å². The van der Waals surface area contributed by atoms with Crippen LogP contribution in [-0.2, 0) is 5.41 Å². The molecule has 0 N–H and O–H groups in total. The van der Waals surface area contributed by atoms with Gasteiger partial charge in [0.05, 0.1) is 7.11 Å². The van der Waals surface area contributed by atoms with Crippen LogP contribution >= 0.6 is 11.3 Å². The van der Waals surface area contributed by atoms with E-state index >= 15 is 0 Å². The molecule has 0 aliphatic rings. The molecule has 0 unspecified atom stereocenters. The maximum absolute atomic E-state index is 5.20. The van der Waals surface area contributed by atoms with E-state index < -0.39 is 0 Å². The third kappa shape index (κ3) is 3.19. The molecule has 1 aromatic heterocycles. The van der Waals surface area contributed by atoms with Gasteiger partial charge in [-0.2, -0.15) is 0 Å². The van der Waals surface area contributed by atoms with Gasteiger partial charge in [0.1, 0.15) is 5.75 Å². The molecule has 0 spiro atoms. The fourth-order valence-electron chi connectivity index (χ4n) is 2.36. The highest BCUT2D eigenvalue weighted by molar-refractivity contribution is 7.15. The minimum Gasteiger partial charge on any atom is -0.497 e. The second kappa shape index (κ2) is 5.79. The van der Waals surface area contributed by atoms with Crippen LogP contribution in [0.3, 0.4) is 0 Å². The predicted octanol–water partition coefficient (Wildman–Crippen LogP) is 5.50. The maximum Gasteiger partial charge on any atom is 0.118 e. The van der Waals surface area contributed by atoms with Crippen LogP contribution < -0.4 is 4.74 Å². The number of thiophene rings is 1. The summed E-state index contributed by atoms with van der Waals surface area (Å²) in [6.07, 6.45) is 2.46. The van der Waals surface area contributed by atoms with Crippen molar-refractivity contribution in [2.45, 2.75) is 39.0 Å². The molecule has 2 aromatic rings. The number of hydrogen-bond donors (Lipinski definition) is 0. The molecule has 1 nitrogen and oxygen atoms in total. The average Bonchev–Trinajstić information content (AvgIpc) is 2.89. The molecule has 0 saturated carbocycles. The Morgan fingerprint density at radius 3 is 2.32 bits per heavy atom. The molecule has 2 heteroatoms. The molecule has 0 amide bonds. The third-order valence-electron chi connectivity index (χ3n) is 3.52. The van der Waals surface area contributed by atoms with Crippen molar-refractivity contribution in [1.29, 1.82) is 0 Å². The van der Waals surface area contributed by atoms with Crippen LogP contribution in [0.1, 0.15) is 38.5 Å². The summed E-state index contributed by atoms with van der Waals surface area (Å²) in [6, 6.07) is 12.8. The Hall–Kier alpha value is -1.28. The van der Waals surface area contributed by atoms with Crippen LogP contribution in [-0.4, -0.2) is 7.11 Å². The number of ether oxygens (including phenoxy) is 1. The van der Waals surface area contributed by atoms with Crippen LogP contribution in [0, 0.1) is 0 Å². The summed E-state index contributed by atoms with van der Waals surface area (Å²) in [5.74, 6) is 0.909. The summed E-state index contributed by atoms with van der Waals surface area (Å²) in [6.45, 7) is 6.92. The lowest BCUT2D eigenvalue weighted by Crippen LogP contribution is -2.14. The fourth-order valence-corrected chi connectivity index (χ4v) is 3.50. The zero-order chi connectivity index (χ0) is 13.9. The Balaban J connectivity index is 2.25. The first-order chi connectivity index (χ1) is 9.06. The summed E-state index contributed by atoms with van der Waals surface area (Å²) < 4.78 is 5.20. The van der Waals surface area contributed by atoms with Crippen LogP contribution in [0.25, 0.3) is 10.4 Å². The van der Waals surface area contributed by atoms with Crippen LogP contribution in [0.15, 0.2) is 36.4 Å². The molecule has 1 heterocycles. The van der Waals surface area contributed by atoms with E-state index in [1.807, 2.05) is 23.5 Å². The molecule has 0 saturated heterocycles. The summed E-state index contributed by atoms with van der Waals surface area (Å²) in [4.78, 5) is 2.81. The number of rotatable bonds is 5. The summed E-state index contributed by atoms with van der Waals surface area (Å²) in [7, 11) is 1.70. The Labute approximate surface area is 120 Å². The zero-order valence-electron chi connectivity index (χ0n) is 12.2. The molecule has 2 rings (SSSR count). The molecule has 0 radical (unpaired) electrons. The second-order valence-electron chi connectivity index (χ2n) is 5.53. The van der Waals surface area contributed by atoms with E-state index in [2.05, 4.69) is 45.0 Å². The van der Waals surface area contributed by atoms with Crippen molar-refractivity contribution >= 4 is 11.3 Å². The van der Waals surface area contributed by atoms with Gasteiger partial charge < -0.3 is 4.74 Å². The highest BCUT2D eigenvalue weighted by Gasteiger charge is 2.21. The van der Waals surface area contributed by atoms with Gasteiger partial charge in [0.15, 0.2) is 0 Å². The zero-order valence-corrected chi connectivity index (χ0v) is 13.0. The van der Waals surface area contributed by atoms with E-state index in [-0.39, 0.29) is 5.41 Å². The standard InChI is InChI=1S/C17H22OS/c1-5-12-17(2,3)16-11-10-15(19-16)13-6-8-14(18-4)9-7-13/h6-11H,5,12H2,1-4H3. The van der Waals surface area contributed by atoms with Crippen molar-refractivity contribution in [2.24, 2.45) is 0 Å². The van der Waals surface area contributed by atoms with Crippen molar-refractivity contribution in [2.75, 3.05) is 7.11 Å². The van der Waals surface area contributed by atoms with Gasteiger partial charge in [0.25, 0.3) is 0 Å². The highest BCUT2D eigenvalue weighted by Crippen LogP contribution is 2.37. The van der Waals surface area contributed by atoms with Crippen LogP contribution in [0.5, 0.6) is 5.75 Å². The summed E-state index contributed by atoms with van der Waals surface area (Å²) in [5, 5.41) is 0. The second-order valence-corrected chi connectivity index (χ2v) is 6.61. The van der Waals surface area contributed by atoms with Crippen molar-refractivity contribution in [3.8, 4) is 16.2 Å². The lowest BCUT2D eigenvalue weighted by molar-refractivity contribution is 0.415. The van der Waals surface area contributed by atoms with E-state index in [1.165, 1.54) is 28.2 Å². The highest BCUT2D eigenvalue weighted by atomic mass is 32.1. The van der Waals surface area contributed by atoms with Gasteiger partial charge in [-0.15, -0.1) is 11.3 Å². The third-order valence-corrected chi connectivity index (χ3v) is 5.02. The van der Waals surface area contributed by atoms with Gasteiger partial charge in [-0.25, -0.2) is 0 Å². The molecule has 0 bridgehead atoms. The van der Waals surface area contributed by atoms with Crippen molar-refractivity contribution < 1.29 is 4.74 Å². The quantitative estimate of drug-likeness (QED) is 0.699. The van der Waals surface area contributed by atoms with Gasteiger partial charge in [0.2, 0.25) is 0 Å².